The lowest BCUT2D eigenvalue weighted by Crippen LogP contribution is -2.36. The quantitative estimate of drug-likeness (QED) is 0.684. The first kappa shape index (κ1) is 12.2. The standard InChI is InChI=1S/C8H17ClN2O2S/c1-10-5-3-8(4-6-10)7-11(2)14(9,12)13/h8H,3-7H2,1-2H3. The van der Waals surface area contributed by atoms with Crippen molar-refractivity contribution in [3.05, 3.63) is 0 Å². The number of hydrogen-bond acceptors (Lipinski definition) is 3. The second-order valence-electron chi connectivity index (χ2n) is 3.97. The lowest BCUT2D eigenvalue weighted by atomic mass is 9.97. The Morgan fingerprint density at radius 3 is 2.36 bits per heavy atom. The number of halogens is 1. The molecule has 0 aromatic carbocycles. The van der Waals surface area contributed by atoms with E-state index in [1.54, 1.807) is 0 Å². The molecule has 1 aliphatic heterocycles. The Balaban J connectivity index is 2.38. The molecule has 0 aromatic rings. The molecule has 0 amide bonds. The summed E-state index contributed by atoms with van der Waals surface area (Å²) in [7, 11) is 5.31. The molecule has 0 aliphatic carbocycles. The summed E-state index contributed by atoms with van der Waals surface area (Å²) in [6.45, 7) is 2.63. The van der Waals surface area contributed by atoms with E-state index in [1.807, 2.05) is 0 Å². The van der Waals surface area contributed by atoms with Gasteiger partial charge in [-0.15, -0.1) is 0 Å². The predicted molar refractivity (Wildman–Crippen MR) is 57.6 cm³/mol. The van der Waals surface area contributed by atoms with Gasteiger partial charge in [0.15, 0.2) is 0 Å². The fraction of sp³-hybridized carbons (Fsp3) is 1.00. The maximum atomic E-state index is 11.0. The van der Waals surface area contributed by atoms with Crippen LogP contribution in [0.5, 0.6) is 0 Å². The highest BCUT2D eigenvalue weighted by Gasteiger charge is 2.22. The molecule has 4 nitrogen and oxygen atoms in total. The minimum Gasteiger partial charge on any atom is -0.306 e. The summed E-state index contributed by atoms with van der Waals surface area (Å²) in [6, 6.07) is 0. The fourth-order valence-corrected chi connectivity index (χ4v) is 2.26. The highest BCUT2D eigenvalue weighted by molar-refractivity contribution is 8.11. The largest absolute Gasteiger partial charge is 0.306 e. The molecule has 0 radical (unpaired) electrons. The summed E-state index contributed by atoms with van der Waals surface area (Å²) in [4.78, 5) is 2.26. The first-order valence-electron chi connectivity index (χ1n) is 4.74. The molecule has 14 heavy (non-hydrogen) atoms. The van der Waals surface area contributed by atoms with E-state index in [-0.39, 0.29) is 0 Å². The Hall–Kier alpha value is 0.160. The van der Waals surface area contributed by atoms with Crippen LogP contribution in [0.2, 0.25) is 0 Å². The zero-order valence-electron chi connectivity index (χ0n) is 8.61. The zero-order chi connectivity index (χ0) is 10.8. The Morgan fingerprint density at radius 1 is 1.43 bits per heavy atom. The lowest BCUT2D eigenvalue weighted by Gasteiger charge is -2.30. The smallest absolute Gasteiger partial charge is 0.299 e. The van der Waals surface area contributed by atoms with Gasteiger partial charge in [0.25, 0.3) is 9.24 Å². The van der Waals surface area contributed by atoms with Crippen LogP contribution in [-0.2, 0) is 9.24 Å². The molecule has 6 heteroatoms. The molecule has 0 unspecified atom stereocenters. The van der Waals surface area contributed by atoms with Crippen molar-refractivity contribution in [1.29, 1.82) is 0 Å². The Morgan fingerprint density at radius 2 is 1.93 bits per heavy atom. The molecular weight excluding hydrogens is 224 g/mol. The Kier molecular flexibility index (Phi) is 4.18. The van der Waals surface area contributed by atoms with Crippen molar-refractivity contribution < 1.29 is 8.42 Å². The maximum absolute atomic E-state index is 11.0. The van der Waals surface area contributed by atoms with Crippen molar-refractivity contribution in [2.75, 3.05) is 33.7 Å². The molecule has 1 aliphatic rings. The van der Waals surface area contributed by atoms with Gasteiger partial charge in [-0.2, -0.15) is 12.7 Å². The van der Waals surface area contributed by atoms with Gasteiger partial charge in [0.2, 0.25) is 0 Å². The number of hydrogen-bond donors (Lipinski definition) is 0. The zero-order valence-corrected chi connectivity index (χ0v) is 10.2. The van der Waals surface area contributed by atoms with Crippen molar-refractivity contribution in [1.82, 2.24) is 9.21 Å². The van der Waals surface area contributed by atoms with E-state index in [0.717, 1.165) is 25.9 Å². The molecule has 84 valence electrons. The minimum absolute atomic E-state index is 0.449. The summed E-state index contributed by atoms with van der Waals surface area (Å²) < 4.78 is 23.1. The van der Waals surface area contributed by atoms with E-state index in [2.05, 4.69) is 11.9 Å². The molecule has 0 N–H and O–H groups in total. The van der Waals surface area contributed by atoms with E-state index in [1.165, 1.54) is 11.4 Å². The Labute approximate surface area is 90.4 Å². The summed E-state index contributed by atoms with van der Waals surface area (Å²) in [5.41, 5.74) is 0. The van der Waals surface area contributed by atoms with Gasteiger partial charge in [0, 0.05) is 24.3 Å². The number of nitrogens with zero attached hydrogens (tertiary/aromatic N) is 2. The second kappa shape index (κ2) is 4.79. The monoisotopic (exact) mass is 240 g/mol. The number of likely N-dealkylation sites (tertiary alicyclic amines) is 1. The fourth-order valence-electron chi connectivity index (χ4n) is 1.70. The van der Waals surface area contributed by atoms with Crippen LogP contribution < -0.4 is 0 Å². The third kappa shape index (κ3) is 3.73. The highest BCUT2D eigenvalue weighted by atomic mass is 35.7. The summed E-state index contributed by atoms with van der Waals surface area (Å²) in [6.07, 6.45) is 2.10. The van der Waals surface area contributed by atoms with Gasteiger partial charge >= 0.3 is 0 Å². The van der Waals surface area contributed by atoms with Gasteiger partial charge < -0.3 is 4.90 Å². The third-order valence-corrected chi connectivity index (χ3v) is 4.33. The topological polar surface area (TPSA) is 40.6 Å². The molecule has 0 atom stereocenters. The number of piperidine rings is 1. The van der Waals surface area contributed by atoms with Gasteiger partial charge in [-0.25, -0.2) is 0 Å². The molecule has 1 rings (SSSR count). The van der Waals surface area contributed by atoms with Crippen LogP contribution in [0.4, 0.5) is 0 Å². The predicted octanol–water partition coefficient (Wildman–Crippen LogP) is 0.744. The van der Waals surface area contributed by atoms with Crippen molar-refractivity contribution in [3.63, 3.8) is 0 Å². The highest BCUT2D eigenvalue weighted by Crippen LogP contribution is 2.18. The van der Waals surface area contributed by atoms with E-state index in [0.29, 0.717) is 12.5 Å². The summed E-state index contributed by atoms with van der Waals surface area (Å²) >= 11 is 0. The van der Waals surface area contributed by atoms with Crippen LogP contribution in [0.3, 0.4) is 0 Å². The van der Waals surface area contributed by atoms with Gasteiger partial charge in [-0.05, 0) is 38.9 Å². The van der Waals surface area contributed by atoms with Crippen LogP contribution in [0, 0.1) is 5.92 Å². The van der Waals surface area contributed by atoms with Crippen molar-refractivity contribution in [2.45, 2.75) is 12.8 Å². The lowest BCUT2D eigenvalue weighted by molar-refractivity contribution is 0.203. The molecule has 0 bridgehead atoms. The minimum atomic E-state index is -3.52. The van der Waals surface area contributed by atoms with Crippen LogP contribution in [0.25, 0.3) is 0 Å². The summed E-state index contributed by atoms with van der Waals surface area (Å²) in [5, 5.41) is 0. The molecule has 1 fully saturated rings. The van der Waals surface area contributed by atoms with E-state index < -0.39 is 9.24 Å². The van der Waals surface area contributed by atoms with Crippen LogP contribution in [-0.4, -0.2) is 51.4 Å². The molecule has 1 saturated heterocycles. The maximum Gasteiger partial charge on any atom is 0.299 e. The molecule has 0 spiro atoms. The van der Waals surface area contributed by atoms with E-state index >= 15 is 0 Å². The Bertz CT molecular complexity index is 273. The van der Waals surface area contributed by atoms with Crippen molar-refractivity contribution in [3.8, 4) is 0 Å². The van der Waals surface area contributed by atoms with Gasteiger partial charge in [-0.3, -0.25) is 0 Å². The van der Waals surface area contributed by atoms with Crippen molar-refractivity contribution >= 4 is 19.9 Å². The number of rotatable bonds is 3. The van der Waals surface area contributed by atoms with E-state index in [9.17, 15) is 8.42 Å². The van der Waals surface area contributed by atoms with E-state index in [4.69, 9.17) is 10.7 Å². The van der Waals surface area contributed by atoms with Crippen molar-refractivity contribution in [2.24, 2.45) is 5.92 Å². The van der Waals surface area contributed by atoms with Gasteiger partial charge in [0.05, 0.1) is 0 Å². The second-order valence-corrected chi connectivity index (χ2v) is 6.59. The SMILES string of the molecule is CN1CCC(CN(C)S(=O)(=O)Cl)CC1. The molecule has 0 aromatic heterocycles. The van der Waals surface area contributed by atoms with Gasteiger partial charge in [-0.1, -0.05) is 0 Å². The van der Waals surface area contributed by atoms with Crippen LogP contribution in [0.15, 0.2) is 0 Å². The van der Waals surface area contributed by atoms with Crippen LogP contribution in [0.1, 0.15) is 12.8 Å². The normalized spacial score (nSPS) is 21.7. The third-order valence-electron chi connectivity index (χ3n) is 2.73. The summed E-state index contributed by atoms with van der Waals surface area (Å²) in [5.74, 6) is 0.449. The average molecular weight is 241 g/mol. The molecular formula is C8H17ClN2O2S. The first-order chi connectivity index (χ1) is 6.39. The molecule has 1 heterocycles. The van der Waals surface area contributed by atoms with Crippen LogP contribution >= 0.6 is 10.7 Å². The molecule has 0 saturated carbocycles. The average Bonchev–Trinajstić information content (AvgIpc) is 2.07. The first-order valence-corrected chi connectivity index (χ1v) is 7.00. The van der Waals surface area contributed by atoms with Gasteiger partial charge in [0.1, 0.15) is 0 Å².